The minimum atomic E-state index is 0.0140. The lowest BCUT2D eigenvalue weighted by atomic mass is 10.3. The average molecular weight is 354 g/mol. The number of hydrogen-bond acceptors (Lipinski definition) is 4. The predicted molar refractivity (Wildman–Crippen MR) is 72.3 cm³/mol. The van der Waals surface area contributed by atoms with Gasteiger partial charge in [0, 0.05) is 10.2 Å². The molecule has 0 radical (unpaired) electrons. The maximum atomic E-state index is 5.96. The van der Waals surface area contributed by atoms with Crippen molar-refractivity contribution in [2.75, 3.05) is 5.32 Å². The molecule has 0 unspecified atom stereocenters. The van der Waals surface area contributed by atoms with E-state index in [4.69, 9.17) is 34.8 Å². The third-order valence-corrected chi connectivity index (χ3v) is 3.45. The molecule has 4 nitrogen and oxygen atoms in total. The number of anilines is 2. The average Bonchev–Trinajstić information content (AvgIpc) is 2.29. The second kappa shape index (κ2) is 5.35. The van der Waals surface area contributed by atoms with Crippen LogP contribution in [0.1, 0.15) is 0 Å². The van der Waals surface area contributed by atoms with Crippen LogP contribution >= 0.6 is 50.7 Å². The molecule has 1 aromatic carbocycles. The maximum absolute atomic E-state index is 5.96. The number of hydrogen-bond donors (Lipinski definition) is 1. The Morgan fingerprint density at radius 1 is 1.12 bits per heavy atom. The first-order valence-electron chi connectivity index (χ1n) is 4.34. The van der Waals surface area contributed by atoms with Crippen LogP contribution in [0.15, 0.2) is 22.7 Å². The van der Waals surface area contributed by atoms with Gasteiger partial charge in [0.15, 0.2) is 11.0 Å². The Kier molecular flexibility index (Phi) is 4.04. The van der Waals surface area contributed by atoms with Crippen LogP contribution in [0.25, 0.3) is 0 Å². The zero-order valence-electron chi connectivity index (χ0n) is 8.09. The van der Waals surface area contributed by atoms with Gasteiger partial charge in [0.2, 0.25) is 5.28 Å². The smallest absolute Gasteiger partial charge is 0.245 e. The number of benzene rings is 1. The van der Waals surface area contributed by atoms with Crippen LogP contribution in [0.5, 0.6) is 0 Å². The summed E-state index contributed by atoms with van der Waals surface area (Å²) < 4.78 is 0.801. The molecule has 17 heavy (non-hydrogen) atoms. The Bertz CT molecular complexity index is 564. The fourth-order valence-corrected chi connectivity index (χ4v) is 1.76. The van der Waals surface area contributed by atoms with E-state index in [-0.39, 0.29) is 10.4 Å². The molecule has 88 valence electrons. The molecule has 0 saturated carbocycles. The van der Waals surface area contributed by atoms with Crippen LogP contribution in [0, 0.1) is 0 Å². The monoisotopic (exact) mass is 352 g/mol. The van der Waals surface area contributed by atoms with Gasteiger partial charge in [-0.1, -0.05) is 23.2 Å². The molecular weight excluding hydrogens is 350 g/mol. The fourth-order valence-electron chi connectivity index (χ4n) is 1.08. The normalized spacial score (nSPS) is 10.4. The van der Waals surface area contributed by atoms with Crippen molar-refractivity contribution < 1.29 is 0 Å². The first-order chi connectivity index (χ1) is 8.06. The summed E-state index contributed by atoms with van der Waals surface area (Å²) in [6.45, 7) is 0. The number of nitrogens with zero attached hydrogens (tertiary/aromatic N) is 3. The standard InChI is InChI=1S/C9H4BrCl3N4/c10-5-2-1-4(3-6(5)11)14-8-7(12)16-17-9(13)15-8/h1-3H,(H,14,15,17). The number of rotatable bonds is 2. The summed E-state index contributed by atoms with van der Waals surface area (Å²) in [5.74, 6) is 0.324. The van der Waals surface area contributed by atoms with E-state index in [1.165, 1.54) is 0 Å². The Hall–Kier alpha value is -0.620. The van der Waals surface area contributed by atoms with Gasteiger partial charge < -0.3 is 5.32 Å². The van der Waals surface area contributed by atoms with Gasteiger partial charge in [0.05, 0.1) is 5.02 Å². The Balaban J connectivity index is 2.31. The molecule has 0 aliphatic heterocycles. The van der Waals surface area contributed by atoms with E-state index in [0.717, 1.165) is 10.2 Å². The summed E-state index contributed by atoms with van der Waals surface area (Å²) in [4.78, 5) is 3.91. The molecule has 0 amide bonds. The quantitative estimate of drug-likeness (QED) is 0.872. The molecule has 0 atom stereocenters. The van der Waals surface area contributed by atoms with Gasteiger partial charge in [-0.2, -0.15) is 4.98 Å². The van der Waals surface area contributed by atoms with Gasteiger partial charge in [-0.25, -0.2) is 0 Å². The highest BCUT2D eigenvalue weighted by Gasteiger charge is 2.07. The SMILES string of the molecule is Clc1nnc(Cl)c(Nc2ccc(Br)c(Cl)c2)n1. The van der Waals surface area contributed by atoms with E-state index in [1.807, 2.05) is 6.07 Å². The second-order valence-corrected chi connectivity index (χ2v) is 4.93. The molecular formula is C9H4BrCl3N4. The Morgan fingerprint density at radius 3 is 2.59 bits per heavy atom. The van der Waals surface area contributed by atoms with Crippen molar-refractivity contribution in [2.24, 2.45) is 0 Å². The molecule has 0 aliphatic carbocycles. The second-order valence-electron chi connectivity index (χ2n) is 2.97. The Labute approximate surface area is 120 Å². The highest BCUT2D eigenvalue weighted by atomic mass is 79.9. The summed E-state index contributed by atoms with van der Waals surface area (Å²) in [6, 6.07) is 5.33. The summed E-state index contributed by atoms with van der Waals surface area (Å²) in [6.07, 6.45) is 0. The lowest BCUT2D eigenvalue weighted by Crippen LogP contribution is -1.98. The molecule has 1 N–H and O–H groups in total. The van der Waals surface area contributed by atoms with E-state index in [2.05, 4.69) is 36.4 Å². The first kappa shape index (κ1) is 12.8. The highest BCUT2D eigenvalue weighted by Crippen LogP contribution is 2.28. The zero-order chi connectivity index (χ0) is 12.4. The van der Waals surface area contributed by atoms with Crippen molar-refractivity contribution in [1.29, 1.82) is 0 Å². The van der Waals surface area contributed by atoms with Crippen LogP contribution in [-0.2, 0) is 0 Å². The molecule has 0 bridgehead atoms. The van der Waals surface area contributed by atoms with E-state index < -0.39 is 0 Å². The van der Waals surface area contributed by atoms with Crippen LogP contribution in [0.4, 0.5) is 11.5 Å². The summed E-state index contributed by atoms with van der Waals surface area (Å²) in [5, 5.41) is 10.8. The molecule has 2 rings (SSSR count). The van der Waals surface area contributed by atoms with Crippen LogP contribution in [0.3, 0.4) is 0 Å². The van der Waals surface area contributed by atoms with E-state index >= 15 is 0 Å². The van der Waals surface area contributed by atoms with E-state index in [9.17, 15) is 0 Å². The van der Waals surface area contributed by atoms with Gasteiger partial charge >= 0.3 is 0 Å². The predicted octanol–water partition coefficient (Wildman–Crippen LogP) is 4.34. The molecule has 8 heteroatoms. The van der Waals surface area contributed by atoms with Crippen molar-refractivity contribution in [2.45, 2.75) is 0 Å². The van der Waals surface area contributed by atoms with Crippen LogP contribution in [0.2, 0.25) is 15.5 Å². The summed E-state index contributed by atoms with van der Waals surface area (Å²) >= 11 is 20.7. The number of halogens is 4. The van der Waals surface area contributed by atoms with Gasteiger partial charge in [0.25, 0.3) is 0 Å². The molecule has 2 aromatic rings. The minimum absolute atomic E-state index is 0.0140. The van der Waals surface area contributed by atoms with Gasteiger partial charge in [-0.15, -0.1) is 10.2 Å². The lowest BCUT2D eigenvalue weighted by molar-refractivity contribution is 0.975. The van der Waals surface area contributed by atoms with E-state index in [1.54, 1.807) is 12.1 Å². The van der Waals surface area contributed by atoms with Crippen molar-refractivity contribution in [1.82, 2.24) is 15.2 Å². The topological polar surface area (TPSA) is 50.7 Å². The lowest BCUT2D eigenvalue weighted by Gasteiger charge is -2.07. The van der Waals surface area contributed by atoms with Crippen molar-refractivity contribution in [3.8, 4) is 0 Å². The summed E-state index contributed by atoms with van der Waals surface area (Å²) in [7, 11) is 0. The molecule has 0 saturated heterocycles. The van der Waals surface area contributed by atoms with Crippen LogP contribution in [-0.4, -0.2) is 15.2 Å². The molecule has 0 spiro atoms. The minimum Gasteiger partial charge on any atom is -0.337 e. The Morgan fingerprint density at radius 2 is 1.88 bits per heavy atom. The highest BCUT2D eigenvalue weighted by molar-refractivity contribution is 9.10. The summed E-state index contributed by atoms with van der Waals surface area (Å²) in [5.41, 5.74) is 0.719. The van der Waals surface area contributed by atoms with E-state index in [0.29, 0.717) is 10.8 Å². The van der Waals surface area contributed by atoms with Crippen molar-refractivity contribution in [3.05, 3.63) is 38.1 Å². The zero-order valence-corrected chi connectivity index (χ0v) is 11.9. The van der Waals surface area contributed by atoms with Crippen molar-refractivity contribution in [3.63, 3.8) is 0 Å². The van der Waals surface area contributed by atoms with Gasteiger partial charge in [-0.05, 0) is 45.7 Å². The molecule has 1 heterocycles. The molecule has 1 aromatic heterocycles. The van der Waals surface area contributed by atoms with Crippen molar-refractivity contribution >= 4 is 62.2 Å². The largest absolute Gasteiger partial charge is 0.337 e. The number of nitrogens with one attached hydrogen (secondary N) is 1. The molecule has 0 fully saturated rings. The number of aromatic nitrogens is 3. The maximum Gasteiger partial charge on any atom is 0.245 e. The van der Waals surface area contributed by atoms with Gasteiger partial charge in [0.1, 0.15) is 0 Å². The van der Waals surface area contributed by atoms with Gasteiger partial charge in [-0.3, -0.25) is 0 Å². The molecule has 0 aliphatic rings. The van der Waals surface area contributed by atoms with Crippen LogP contribution < -0.4 is 5.32 Å². The fraction of sp³-hybridized carbons (Fsp3) is 0. The first-order valence-corrected chi connectivity index (χ1v) is 6.27. The third-order valence-electron chi connectivity index (χ3n) is 1.80. The third kappa shape index (κ3) is 3.19.